The summed E-state index contributed by atoms with van der Waals surface area (Å²) < 4.78 is 0. The molecule has 0 aromatic carbocycles. The van der Waals surface area contributed by atoms with E-state index >= 15 is 0 Å². The second-order valence-electron chi connectivity index (χ2n) is 7.34. The minimum absolute atomic E-state index is 0.000316. The summed E-state index contributed by atoms with van der Waals surface area (Å²) in [7, 11) is 1.89. The molecule has 0 bridgehead atoms. The summed E-state index contributed by atoms with van der Waals surface area (Å²) in [6, 6.07) is 6.00. The smallest absolute Gasteiger partial charge is 0.317 e. The normalized spacial score (nSPS) is 20.2. The van der Waals surface area contributed by atoms with Crippen LogP contribution in [0.2, 0.25) is 0 Å². The number of aliphatic hydroxyl groups is 1. The molecule has 2 N–H and O–H groups in total. The van der Waals surface area contributed by atoms with Gasteiger partial charge in [0.1, 0.15) is 0 Å². The average molecular weight is 346 g/mol. The first kappa shape index (κ1) is 18.1. The molecule has 2 heterocycles. The van der Waals surface area contributed by atoms with Crippen molar-refractivity contribution < 1.29 is 9.90 Å². The van der Waals surface area contributed by atoms with Crippen molar-refractivity contribution in [3.63, 3.8) is 0 Å². The topological polar surface area (TPSA) is 68.7 Å². The van der Waals surface area contributed by atoms with Crippen molar-refractivity contribution in [2.75, 3.05) is 39.8 Å². The lowest BCUT2D eigenvalue weighted by Gasteiger charge is -2.33. The van der Waals surface area contributed by atoms with Crippen molar-refractivity contribution >= 4 is 6.03 Å². The predicted octanol–water partition coefficient (Wildman–Crippen LogP) is 1.88. The molecule has 1 atom stereocenters. The van der Waals surface area contributed by atoms with Crippen LogP contribution in [-0.4, -0.2) is 65.8 Å². The van der Waals surface area contributed by atoms with E-state index in [0.29, 0.717) is 11.8 Å². The summed E-state index contributed by atoms with van der Waals surface area (Å²) in [5.41, 5.74) is 0.986. The van der Waals surface area contributed by atoms with Crippen molar-refractivity contribution in [2.45, 2.75) is 31.7 Å². The Labute approximate surface area is 150 Å². The van der Waals surface area contributed by atoms with E-state index in [1.54, 1.807) is 6.20 Å². The van der Waals surface area contributed by atoms with Crippen LogP contribution in [0.15, 0.2) is 24.4 Å². The van der Waals surface area contributed by atoms with Crippen LogP contribution in [0, 0.1) is 11.8 Å². The van der Waals surface area contributed by atoms with Crippen LogP contribution in [0.3, 0.4) is 0 Å². The van der Waals surface area contributed by atoms with Gasteiger partial charge in [0.05, 0.1) is 18.3 Å². The summed E-state index contributed by atoms with van der Waals surface area (Å²) >= 11 is 0. The number of β-amino-alcohol motifs (C(OH)–C–C–N with tert-alkyl or cyclic N) is 1. The van der Waals surface area contributed by atoms with Gasteiger partial charge in [-0.25, -0.2) is 4.79 Å². The molecular weight excluding hydrogens is 316 g/mol. The maximum atomic E-state index is 12.6. The molecule has 1 saturated heterocycles. The molecule has 0 radical (unpaired) electrons. The Morgan fingerprint density at radius 3 is 2.72 bits per heavy atom. The fourth-order valence-corrected chi connectivity index (χ4v) is 3.76. The fraction of sp³-hybridized carbons (Fsp3) is 0.684. The number of carbonyl (C=O) groups is 1. The maximum absolute atomic E-state index is 12.6. The maximum Gasteiger partial charge on any atom is 0.317 e. The lowest BCUT2D eigenvalue weighted by atomic mass is 9.97. The number of aromatic nitrogens is 1. The molecule has 25 heavy (non-hydrogen) atoms. The molecule has 0 unspecified atom stereocenters. The Bertz CT molecular complexity index is 542. The number of pyridine rings is 1. The van der Waals surface area contributed by atoms with Gasteiger partial charge in [-0.2, -0.15) is 0 Å². The molecule has 3 rings (SSSR count). The molecule has 2 fully saturated rings. The van der Waals surface area contributed by atoms with Crippen LogP contribution in [0.25, 0.3) is 0 Å². The van der Waals surface area contributed by atoms with Crippen molar-refractivity contribution in [1.29, 1.82) is 0 Å². The first-order valence-electron chi connectivity index (χ1n) is 9.44. The highest BCUT2D eigenvalue weighted by molar-refractivity contribution is 5.74. The molecule has 138 valence electrons. The van der Waals surface area contributed by atoms with Crippen LogP contribution >= 0.6 is 0 Å². The summed E-state index contributed by atoms with van der Waals surface area (Å²) in [4.78, 5) is 21.2. The quantitative estimate of drug-likeness (QED) is 0.791. The number of urea groups is 1. The van der Waals surface area contributed by atoms with Gasteiger partial charge in [-0.3, -0.25) is 4.98 Å². The van der Waals surface area contributed by atoms with E-state index in [1.165, 1.54) is 12.8 Å². The lowest BCUT2D eigenvalue weighted by molar-refractivity contribution is 0.143. The number of rotatable bonds is 7. The second-order valence-corrected chi connectivity index (χ2v) is 7.34. The van der Waals surface area contributed by atoms with Crippen LogP contribution in [0.4, 0.5) is 4.79 Å². The Hall–Kier alpha value is -1.66. The Kier molecular flexibility index (Phi) is 6.26. The van der Waals surface area contributed by atoms with Gasteiger partial charge < -0.3 is 20.2 Å². The molecule has 2 amide bonds. The Balaban J connectivity index is 1.49. The van der Waals surface area contributed by atoms with Gasteiger partial charge in [-0.15, -0.1) is 0 Å². The van der Waals surface area contributed by atoms with Gasteiger partial charge in [0.25, 0.3) is 0 Å². The molecule has 1 aromatic rings. The van der Waals surface area contributed by atoms with Gasteiger partial charge >= 0.3 is 6.03 Å². The largest absolute Gasteiger partial charge is 0.395 e. The zero-order valence-corrected chi connectivity index (χ0v) is 15.1. The van der Waals surface area contributed by atoms with E-state index in [9.17, 15) is 4.79 Å². The number of nitrogens with zero attached hydrogens (tertiary/aromatic N) is 3. The van der Waals surface area contributed by atoms with E-state index in [1.807, 2.05) is 30.1 Å². The zero-order valence-electron chi connectivity index (χ0n) is 15.1. The fourth-order valence-electron chi connectivity index (χ4n) is 3.76. The van der Waals surface area contributed by atoms with Crippen molar-refractivity contribution in [2.24, 2.45) is 11.8 Å². The van der Waals surface area contributed by atoms with Gasteiger partial charge in [0.2, 0.25) is 0 Å². The zero-order chi connectivity index (χ0) is 17.6. The SMILES string of the molecule is CN(C(=O)NCC1CCN(CCO)CC1)[C@@H](c1ccccn1)C1CC1. The number of nitrogens with one attached hydrogen (secondary N) is 1. The molecule has 1 aromatic heterocycles. The number of likely N-dealkylation sites (tertiary alicyclic amines) is 1. The number of hydrogen-bond donors (Lipinski definition) is 2. The summed E-state index contributed by atoms with van der Waals surface area (Å²) in [5, 5.41) is 12.1. The highest BCUT2D eigenvalue weighted by atomic mass is 16.3. The van der Waals surface area contributed by atoms with E-state index in [0.717, 1.165) is 44.7 Å². The summed E-state index contributed by atoms with van der Waals surface area (Å²) in [6.45, 7) is 3.73. The van der Waals surface area contributed by atoms with E-state index in [2.05, 4.69) is 15.2 Å². The van der Waals surface area contributed by atoms with Crippen molar-refractivity contribution in [3.05, 3.63) is 30.1 Å². The van der Waals surface area contributed by atoms with Crippen molar-refractivity contribution in [3.8, 4) is 0 Å². The minimum atomic E-state index is 0.000316. The molecule has 0 spiro atoms. The van der Waals surface area contributed by atoms with Gasteiger partial charge in [-0.1, -0.05) is 6.07 Å². The third-order valence-corrected chi connectivity index (χ3v) is 5.46. The van der Waals surface area contributed by atoms with Crippen molar-refractivity contribution in [1.82, 2.24) is 20.1 Å². The molecule has 6 nitrogen and oxygen atoms in total. The first-order chi connectivity index (χ1) is 12.2. The third kappa shape index (κ3) is 4.92. The average Bonchev–Trinajstić information content (AvgIpc) is 3.47. The molecule has 1 saturated carbocycles. The highest BCUT2D eigenvalue weighted by Gasteiger charge is 2.37. The molecule has 2 aliphatic rings. The lowest BCUT2D eigenvalue weighted by Crippen LogP contribution is -2.44. The van der Waals surface area contributed by atoms with Gasteiger partial charge in [0, 0.05) is 26.3 Å². The molecule has 1 aliphatic carbocycles. The van der Waals surface area contributed by atoms with Crippen LogP contribution in [0.5, 0.6) is 0 Å². The predicted molar refractivity (Wildman–Crippen MR) is 97.1 cm³/mol. The molecular formula is C19H30N4O2. The van der Waals surface area contributed by atoms with Crippen LogP contribution < -0.4 is 5.32 Å². The number of carbonyl (C=O) groups excluding carboxylic acids is 1. The summed E-state index contributed by atoms with van der Waals surface area (Å²) in [6.07, 6.45) is 6.30. The Morgan fingerprint density at radius 1 is 1.36 bits per heavy atom. The molecule has 6 heteroatoms. The highest BCUT2D eigenvalue weighted by Crippen LogP contribution is 2.43. The van der Waals surface area contributed by atoms with E-state index in [4.69, 9.17) is 5.11 Å². The standard InChI is InChI=1S/C19H30N4O2/c1-22(18(16-5-6-16)17-4-2-3-9-20-17)19(25)21-14-15-7-10-23(11-8-15)12-13-24/h2-4,9,15-16,18,24H,5-8,10-14H2,1H3,(H,21,25)/t18-/m1/s1. The minimum Gasteiger partial charge on any atom is -0.395 e. The van der Waals surface area contributed by atoms with Crippen LogP contribution in [0.1, 0.15) is 37.4 Å². The van der Waals surface area contributed by atoms with Gasteiger partial charge in [0.15, 0.2) is 0 Å². The number of hydrogen-bond acceptors (Lipinski definition) is 4. The number of amides is 2. The second kappa shape index (κ2) is 8.63. The Morgan fingerprint density at radius 2 is 2.12 bits per heavy atom. The molecule has 1 aliphatic heterocycles. The summed E-state index contributed by atoms with van der Waals surface area (Å²) in [5.74, 6) is 1.06. The van der Waals surface area contributed by atoms with E-state index in [-0.39, 0.29) is 18.7 Å². The van der Waals surface area contributed by atoms with Gasteiger partial charge in [-0.05, 0) is 62.7 Å². The van der Waals surface area contributed by atoms with E-state index < -0.39 is 0 Å². The number of piperidine rings is 1. The first-order valence-corrected chi connectivity index (χ1v) is 9.44. The third-order valence-electron chi connectivity index (χ3n) is 5.46. The number of aliphatic hydroxyl groups excluding tert-OH is 1. The van der Waals surface area contributed by atoms with Crippen LogP contribution in [-0.2, 0) is 0 Å². The monoisotopic (exact) mass is 346 g/mol.